The smallest absolute Gasteiger partial charge is 0.226 e. The molecule has 0 unspecified atom stereocenters. The highest BCUT2D eigenvalue weighted by Crippen LogP contribution is 2.36. The van der Waals surface area contributed by atoms with Crippen LogP contribution in [-0.4, -0.2) is 56.9 Å². The fraction of sp³-hybridized carbons (Fsp3) is 0.611. The Morgan fingerprint density at radius 2 is 2.00 bits per heavy atom. The zero-order valence-corrected chi connectivity index (χ0v) is 15.3. The first-order chi connectivity index (χ1) is 11.8. The number of likely N-dealkylation sites (tertiary alicyclic amines) is 1. The van der Waals surface area contributed by atoms with Gasteiger partial charge in [0.05, 0.1) is 16.9 Å². The van der Waals surface area contributed by atoms with E-state index >= 15 is 0 Å². The number of carbonyl (C=O) groups is 1. The molecule has 1 atom stereocenters. The number of rotatable bonds is 4. The maximum Gasteiger partial charge on any atom is 0.226 e. The number of nitrogens with zero attached hydrogens (tertiary/aromatic N) is 1. The Bertz CT molecular complexity index is 742. The van der Waals surface area contributed by atoms with Crippen molar-refractivity contribution < 1.29 is 17.6 Å². The molecule has 0 radical (unpaired) electrons. The van der Waals surface area contributed by atoms with Crippen LogP contribution in [0.25, 0.3) is 0 Å². The van der Waals surface area contributed by atoms with Crippen LogP contribution in [0.3, 0.4) is 0 Å². The Morgan fingerprint density at radius 1 is 1.32 bits per heavy atom. The van der Waals surface area contributed by atoms with Gasteiger partial charge in [-0.1, -0.05) is 18.2 Å². The van der Waals surface area contributed by atoms with Crippen molar-refractivity contribution in [3.8, 4) is 0 Å². The highest BCUT2D eigenvalue weighted by Gasteiger charge is 2.43. The summed E-state index contributed by atoms with van der Waals surface area (Å²) in [5.74, 6) is -0.293. The third-order valence-corrected chi connectivity index (χ3v) is 7.25. The summed E-state index contributed by atoms with van der Waals surface area (Å²) in [5, 5.41) is 2.94. The second-order valence-corrected chi connectivity index (χ2v) is 9.65. The second-order valence-electron chi connectivity index (χ2n) is 7.43. The van der Waals surface area contributed by atoms with Crippen molar-refractivity contribution in [3.05, 3.63) is 35.6 Å². The van der Waals surface area contributed by atoms with E-state index in [1.54, 1.807) is 18.2 Å². The van der Waals surface area contributed by atoms with Crippen LogP contribution in [-0.2, 0) is 21.1 Å². The summed E-state index contributed by atoms with van der Waals surface area (Å²) in [4.78, 5) is 15.2. The number of hydrogen-bond donors (Lipinski definition) is 1. The van der Waals surface area contributed by atoms with Gasteiger partial charge in [-0.05, 0) is 57.5 Å². The maximum absolute atomic E-state index is 14.1. The van der Waals surface area contributed by atoms with Crippen LogP contribution < -0.4 is 5.32 Å². The molecule has 7 heteroatoms. The van der Waals surface area contributed by atoms with E-state index in [1.807, 2.05) is 7.05 Å². The van der Waals surface area contributed by atoms with Crippen LogP contribution >= 0.6 is 0 Å². The fourth-order valence-electron chi connectivity index (χ4n) is 3.78. The summed E-state index contributed by atoms with van der Waals surface area (Å²) in [6.45, 7) is 1.54. The Hall–Kier alpha value is -1.47. The SMILES string of the molecule is CN1CCC(Cc2ccccc2F)(C(=O)N[C@@H]2CCS(=O)(=O)C2)CC1. The molecular formula is C18H25FN2O3S. The molecule has 1 aromatic carbocycles. The number of nitrogens with one attached hydrogen (secondary N) is 1. The number of benzene rings is 1. The van der Waals surface area contributed by atoms with Crippen LogP contribution in [0, 0.1) is 11.2 Å². The quantitative estimate of drug-likeness (QED) is 0.872. The van der Waals surface area contributed by atoms with Gasteiger partial charge in [-0.15, -0.1) is 0 Å². The van der Waals surface area contributed by atoms with E-state index < -0.39 is 15.3 Å². The van der Waals surface area contributed by atoms with Gasteiger partial charge in [-0.3, -0.25) is 4.79 Å². The molecular weight excluding hydrogens is 343 g/mol. The Morgan fingerprint density at radius 3 is 2.60 bits per heavy atom. The van der Waals surface area contributed by atoms with Gasteiger partial charge in [-0.25, -0.2) is 12.8 Å². The van der Waals surface area contributed by atoms with Crippen molar-refractivity contribution in [1.82, 2.24) is 10.2 Å². The Labute approximate surface area is 148 Å². The molecule has 2 aliphatic heterocycles. The van der Waals surface area contributed by atoms with Crippen LogP contribution in [0.1, 0.15) is 24.8 Å². The maximum atomic E-state index is 14.1. The first-order valence-electron chi connectivity index (χ1n) is 8.73. The molecule has 138 valence electrons. The molecule has 2 heterocycles. The summed E-state index contributed by atoms with van der Waals surface area (Å²) < 4.78 is 37.4. The lowest BCUT2D eigenvalue weighted by atomic mass is 9.72. The summed E-state index contributed by atoms with van der Waals surface area (Å²) in [5.41, 5.74) is -0.137. The Balaban J connectivity index is 1.79. The highest BCUT2D eigenvalue weighted by atomic mass is 32.2. The zero-order valence-electron chi connectivity index (χ0n) is 14.5. The molecule has 1 aromatic rings. The summed E-state index contributed by atoms with van der Waals surface area (Å²) in [7, 11) is -1.04. The molecule has 1 N–H and O–H groups in total. The number of amides is 1. The lowest BCUT2D eigenvalue weighted by Gasteiger charge is -2.40. The van der Waals surface area contributed by atoms with Crippen LogP contribution in [0.5, 0.6) is 0 Å². The number of sulfone groups is 1. The van der Waals surface area contributed by atoms with E-state index in [4.69, 9.17) is 0 Å². The number of hydrogen-bond acceptors (Lipinski definition) is 4. The fourth-order valence-corrected chi connectivity index (χ4v) is 5.46. The van der Waals surface area contributed by atoms with E-state index in [2.05, 4.69) is 10.2 Å². The molecule has 2 aliphatic rings. The molecule has 0 aromatic heterocycles. The highest BCUT2D eigenvalue weighted by molar-refractivity contribution is 7.91. The van der Waals surface area contributed by atoms with Gasteiger partial charge in [0.2, 0.25) is 5.91 Å². The monoisotopic (exact) mass is 368 g/mol. The van der Waals surface area contributed by atoms with Gasteiger partial charge in [0.15, 0.2) is 9.84 Å². The van der Waals surface area contributed by atoms with Gasteiger partial charge < -0.3 is 10.2 Å². The lowest BCUT2D eigenvalue weighted by molar-refractivity contribution is -0.134. The van der Waals surface area contributed by atoms with Crippen molar-refractivity contribution >= 4 is 15.7 Å². The van der Waals surface area contributed by atoms with E-state index in [-0.39, 0.29) is 29.3 Å². The van der Waals surface area contributed by atoms with Gasteiger partial charge in [-0.2, -0.15) is 0 Å². The van der Waals surface area contributed by atoms with Crippen LogP contribution in [0.4, 0.5) is 4.39 Å². The minimum atomic E-state index is -3.05. The average molecular weight is 368 g/mol. The predicted molar refractivity (Wildman–Crippen MR) is 94.5 cm³/mol. The van der Waals surface area contributed by atoms with Gasteiger partial charge in [0.25, 0.3) is 0 Å². The normalized spacial score (nSPS) is 25.6. The molecule has 0 saturated carbocycles. The van der Waals surface area contributed by atoms with Crippen molar-refractivity contribution in [2.75, 3.05) is 31.6 Å². The predicted octanol–water partition coefficient (Wildman–Crippen LogP) is 1.38. The van der Waals surface area contributed by atoms with Crippen LogP contribution in [0.15, 0.2) is 24.3 Å². The second kappa shape index (κ2) is 7.03. The summed E-state index contributed by atoms with van der Waals surface area (Å²) >= 11 is 0. The molecule has 5 nitrogen and oxygen atoms in total. The first-order valence-corrected chi connectivity index (χ1v) is 10.6. The van der Waals surface area contributed by atoms with E-state index in [0.29, 0.717) is 31.2 Å². The van der Waals surface area contributed by atoms with Crippen LogP contribution in [0.2, 0.25) is 0 Å². The zero-order chi connectivity index (χ0) is 18.1. The van der Waals surface area contributed by atoms with E-state index in [0.717, 1.165) is 13.1 Å². The van der Waals surface area contributed by atoms with Crippen molar-refractivity contribution in [2.45, 2.75) is 31.7 Å². The van der Waals surface area contributed by atoms with Crippen molar-refractivity contribution in [2.24, 2.45) is 5.41 Å². The average Bonchev–Trinajstić information content (AvgIpc) is 2.90. The molecule has 25 heavy (non-hydrogen) atoms. The summed E-state index contributed by atoms with van der Waals surface area (Å²) in [6, 6.07) is 6.24. The third kappa shape index (κ3) is 4.20. The molecule has 2 saturated heterocycles. The number of carbonyl (C=O) groups excluding carboxylic acids is 1. The molecule has 1 amide bonds. The molecule has 2 fully saturated rings. The van der Waals surface area contributed by atoms with Crippen molar-refractivity contribution in [3.63, 3.8) is 0 Å². The largest absolute Gasteiger partial charge is 0.352 e. The molecule has 0 aliphatic carbocycles. The first kappa shape index (κ1) is 18.3. The third-order valence-electron chi connectivity index (χ3n) is 5.48. The number of piperidine rings is 1. The standard InChI is InChI=1S/C18H25FN2O3S/c1-21-9-7-18(8-10-21,12-14-4-2-3-5-16(14)19)17(22)20-15-6-11-25(23,24)13-15/h2-5,15H,6-13H2,1H3,(H,20,22)/t15-/m1/s1. The van der Waals surface area contributed by atoms with Crippen molar-refractivity contribution in [1.29, 1.82) is 0 Å². The van der Waals surface area contributed by atoms with Gasteiger partial charge in [0, 0.05) is 6.04 Å². The lowest BCUT2D eigenvalue weighted by Crippen LogP contribution is -2.52. The Kier molecular flexibility index (Phi) is 5.16. The molecule has 0 bridgehead atoms. The topological polar surface area (TPSA) is 66.5 Å². The molecule has 3 rings (SSSR count). The van der Waals surface area contributed by atoms with E-state index in [1.165, 1.54) is 6.07 Å². The summed E-state index contributed by atoms with van der Waals surface area (Å²) in [6.07, 6.45) is 2.09. The minimum absolute atomic E-state index is 0.00835. The van der Waals surface area contributed by atoms with Gasteiger partial charge in [0.1, 0.15) is 5.82 Å². The molecule has 0 spiro atoms. The van der Waals surface area contributed by atoms with Gasteiger partial charge >= 0.3 is 0 Å². The van der Waals surface area contributed by atoms with E-state index in [9.17, 15) is 17.6 Å². The number of halogens is 1. The minimum Gasteiger partial charge on any atom is -0.352 e.